The quantitative estimate of drug-likeness (QED) is 0.585. The highest BCUT2D eigenvalue weighted by molar-refractivity contribution is 4.75. The van der Waals surface area contributed by atoms with Crippen LogP contribution in [0.4, 0.5) is 0 Å². The Balaban J connectivity index is 2.13. The van der Waals surface area contributed by atoms with Crippen LogP contribution in [0.25, 0.3) is 0 Å². The van der Waals surface area contributed by atoms with Crippen molar-refractivity contribution in [3.8, 4) is 0 Å². The van der Waals surface area contributed by atoms with Crippen LogP contribution in [0.2, 0.25) is 0 Å². The normalized spacial score (nSPS) is 24.0. The van der Waals surface area contributed by atoms with Gasteiger partial charge in [0.15, 0.2) is 0 Å². The van der Waals surface area contributed by atoms with Crippen molar-refractivity contribution >= 4 is 0 Å². The fourth-order valence-electron chi connectivity index (χ4n) is 2.56. The summed E-state index contributed by atoms with van der Waals surface area (Å²) in [6.07, 6.45) is 11.3. The van der Waals surface area contributed by atoms with Crippen LogP contribution in [-0.2, 0) is 0 Å². The molecule has 1 heteroatoms. The summed E-state index contributed by atoms with van der Waals surface area (Å²) in [6.45, 7) is 7.36. The van der Waals surface area contributed by atoms with Crippen LogP contribution in [-0.4, -0.2) is 24.0 Å². The van der Waals surface area contributed by atoms with Crippen molar-refractivity contribution in [2.24, 2.45) is 0 Å². The summed E-state index contributed by atoms with van der Waals surface area (Å²) >= 11 is 0. The van der Waals surface area contributed by atoms with Gasteiger partial charge in [0.25, 0.3) is 0 Å². The molecule has 0 saturated carbocycles. The Morgan fingerprint density at radius 2 is 1.93 bits per heavy atom. The molecule has 1 rings (SSSR count). The third kappa shape index (κ3) is 4.00. The second-order valence-corrected chi connectivity index (χ2v) is 4.65. The Kier molecular flexibility index (Phi) is 6.25. The minimum Gasteiger partial charge on any atom is -0.300 e. The molecule has 1 aliphatic rings. The third-order valence-electron chi connectivity index (χ3n) is 3.52. The van der Waals surface area contributed by atoms with Crippen molar-refractivity contribution in [3.05, 3.63) is 0 Å². The molecule has 1 unspecified atom stereocenters. The predicted octanol–water partition coefficient (Wildman–Crippen LogP) is 3.83. The van der Waals surface area contributed by atoms with Crippen molar-refractivity contribution < 1.29 is 0 Å². The number of nitrogens with zero attached hydrogens (tertiary/aromatic N) is 1. The van der Waals surface area contributed by atoms with E-state index >= 15 is 0 Å². The third-order valence-corrected chi connectivity index (χ3v) is 3.52. The molecular formula is C13H27N. The largest absolute Gasteiger partial charge is 0.300 e. The van der Waals surface area contributed by atoms with E-state index in [1.54, 1.807) is 0 Å². The van der Waals surface area contributed by atoms with E-state index in [4.69, 9.17) is 0 Å². The highest BCUT2D eigenvalue weighted by atomic mass is 15.2. The molecule has 0 aromatic heterocycles. The van der Waals surface area contributed by atoms with Crippen LogP contribution in [0.15, 0.2) is 0 Å². The van der Waals surface area contributed by atoms with Crippen LogP contribution >= 0.6 is 0 Å². The molecule has 1 nitrogen and oxygen atoms in total. The van der Waals surface area contributed by atoms with Gasteiger partial charge in [0.05, 0.1) is 0 Å². The van der Waals surface area contributed by atoms with E-state index in [-0.39, 0.29) is 0 Å². The Morgan fingerprint density at radius 1 is 1.07 bits per heavy atom. The van der Waals surface area contributed by atoms with Gasteiger partial charge in [-0.25, -0.2) is 0 Å². The molecule has 0 aliphatic carbocycles. The number of unbranched alkanes of at least 4 members (excludes halogenated alkanes) is 3. The maximum atomic E-state index is 2.74. The molecule has 1 atom stereocenters. The van der Waals surface area contributed by atoms with Crippen molar-refractivity contribution in [1.29, 1.82) is 0 Å². The maximum Gasteiger partial charge on any atom is 0.00926 e. The first-order chi connectivity index (χ1) is 6.88. The van der Waals surface area contributed by atoms with E-state index in [1.165, 1.54) is 64.5 Å². The lowest BCUT2D eigenvalue weighted by molar-refractivity contribution is 0.141. The zero-order valence-corrected chi connectivity index (χ0v) is 10.1. The molecule has 0 N–H and O–H groups in total. The van der Waals surface area contributed by atoms with Crippen molar-refractivity contribution in [2.45, 2.75) is 71.3 Å². The van der Waals surface area contributed by atoms with E-state index < -0.39 is 0 Å². The number of hydrogen-bond acceptors (Lipinski definition) is 1. The molecule has 0 radical (unpaired) electrons. The lowest BCUT2D eigenvalue weighted by Gasteiger charge is -2.35. The molecular weight excluding hydrogens is 170 g/mol. The van der Waals surface area contributed by atoms with E-state index in [9.17, 15) is 0 Å². The zero-order chi connectivity index (χ0) is 10.2. The summed E-state index contributed by atoms with van der Waals surface area (Å²) in [5.41, 5.74) is 0. The van der Waals surface area contributed by atoms with Crippen LogP contribution in [0.3, 0.4) is 0 Å². The van der Waals surface area contributed by atoms with Gasteiger partial charge in [-0.2, -0.15) is 0 Å². The zero-order valence-electron chi connectivity index (χ0n) is 10.1. The lowest BCUT2D eigenvalue weighted by Crippen LogP contribution is -2.39. The number of likely N-dealkylation sites (tertiary alicyclic amines) is 1. The highest BCUT2D eigenvalue weighted by Gasteiger charge is 2.19. The molecule has 0 amide bonds. The molecule has 1 saturated heterocycles. The van der Waals surface area contributed by atoms with Gasteiger partial charge < -0.3 is 4.90 Å². The summed E-state index contributed by atoms with van der Waals surface area (Å²) in [5, 5.41) is 0. The first-order valence-corrected chi connectivity index (χ1v) is 6.62. The van der Waals surface area contributed by atoms with Gasteiger partial charge in [-0.3, -0.25) is 0 Å². The fraction of sp³-hybridized carbons (Fsp3) is 1.00. The molecule has 0 bridgehead atoms. The average molecular weight is 197 g/mol. The Labute approximate surface area is 89.9 Å². The van der Waals surface area contributed by atoms with E-state index in [0.717, 1.165) is 6.04 Å². The van der Waals surface area contributed by atoms with Crippen LogP contribution in [0, 0.1) is 0 Å². The molecule has 0 spiro atoms. The summed E-state index contributed by atoms with van der Waals surface area (Å²) in [7, 11) is 0. The van der Waals surface area contributed by atoms with Crippen molar-refractivity contribution in [3.63, 3.8) is 0 Å². The first kappa shape index (κ1) is 12.0. The second kappa shape index (κ2) is 7.28. The molecule has 1 heterocycles. The Hall–Kier alpha value is -0.0400. The van der Waals surface area contributed by atoms with E-state index in [0.29, 0.717) is 0 Å². The molecule has 1 fully saturated rings. The molecule has 84 valence electrons. The van der Waals surface area contributed by atoms with Gasteiger partial charge in [-0.1, -0.05) is 39.5 Å². The summed E-state index contributed by atoms with van der Waals surface area (Å²) in [4.78, 5) is 2.74. The van der Waals surface area contributed by atoms with Crippen LogP contribution in [0.1, 0.15) is 65.2 Å². The van der Waals surface area contributed by atoms with Gasteiger partial charge in [-0.15, -0.1) is 0 Å². The molecule has 0 aromatic carbocycles. The number of rotatable bonds is 6. The predicted molar refractivity (Wildman–Crippen MR) is 63.6 cm³/mol. The molecule has 0 aromatic rings. The van der Waals surface area contributed by atoms with Crippen LogP contribution in [0.5, 0.6) is 0 Å². The number of piperidine rings is 1. The fourth-order valence-corrected chi connectivity index (χ4v) is 2.56. The molecule has 14 heavy (non-hydrogen) atoms. The topological polar surface area (TPSA) is 3.24 Å². The van der Waals surface area contributed by atoms with Gasteiger partial charge >= 0.3 is 0 Å². The average Bonchev–Trinajstić information content (AvgIpc) is 2.25. The summed E-state index contributed by atoms with van der Waals surface area (Å²) in [5.74, 6) is 0. The van der Waals surface area contributed by atoms with Crippen molar-refractivity contribution in [2.75, 3.05) is 13.1 Å². The summed E-state index contributed by atoms with van der Waals surface area (Å²) < 4.78 is 0. The van der Waals surface area contributed by atoms with Gasteiger partial charge in [0, 0.05) is 6.04 Å². The standard InChI is InChI=1S/C13H27N/c1-3-5-6-8-11-14-12-9-7-10-13(14)4-2/h13H,3-12H2,1-2H3. The lowest BCUT2D eigenvalue weighted by atomic mass is 9.99. The van der Waals surface area contributed by atoms with Crippen LogP contribution < -0.4 is 0 Å². The minimum absolute atomic E-state index is 0.908. The first-order valence-electron chi connectivity index (χ1n) is 6.62. The smallest absolute Gasteiger partial charge is 0.00926 e. The SMILES string of the molecule is CCCCCCN1CCCCC1CC. The minimum atomic E-state index is 0.908. The molecule has 1 aliphatic heterocycles. The second-order valence-electron chi connectivity index (χ2n) is 4.65. The van der Waals surface area contributed by atoms with Crippen molar-refractivity contribution in [1.82, 2.24) is 4.90 Å². The highest BCUT2D eigenvalue weighted by Crippen LogP contribution is 2.19. The Bertz CT molecular complexity index is 133. The van der Waals surface area contributed by atoms with E-state index in [2.05, 4.69) is 18.7 Å². The van der Waals surface area contributed by atoms with Gasteiger partial charge in [0.1, 0.15) is 0 Å². The van der Waals surface area contributed by atoms with E-state index in [1.807, 2.05) is 0 Å². The maximum absolute atomic E-state index is 2.74. The number of hydrogen-bond donors (Lipinski definition) is 0. The Morgan fingerprint density at radius 3 is 2.64 bits per heavy atom. The van der Waals surface area contributed by atoms with Gasteiger partial charge in [0.2, 0.25) is 0 Å². The monoisotopic (exact) mass is 197 g/mol. The summed E-state index contributed by atoms with van der Waals surface area (Å²) in [6, 6.07) is 0.908. The van der Waals surface area contributed by atoms with Gasteiger partial charge in [-0.05, 0) is 38.8 Å².